The summed E-state index contributed by atoms with van der Waals surface area (Å²) in [7, 11) is 0. The molecule has 2 rings (SSSR count). The van der Waals surface area contributed by atoms with Crippen LogP contribution in [0.3, 0.4) is 0 Å². The molecule has 1 atom stereocenters. The molecule has 1 N–H and O–H groups in total. The van der Waals surface area contributed by atoms with E-state index < -0.39 is 11.6 Å². The summed E-state index contributed by atoms with van der Waals surface area (Å²) in [6.45, 7) is 3.98. The average molecular weight is 340 g/mol. The molecular weight excluding hydrogens is 324 g/mol. The van der Waals surface area contributed by atoms with Gasteiger partial charge in [-0.15, -0.1) is 0 Å². The Morgan fingerprint density at radius 2 is 1.65 bits per heavy atom. The maximum atomic E-state index is 13.9. The second-order valence-corrected chi connectivity index (χ2v) is 5.68. The zero-order valence-electron chi connectivity index (χ0n) is 11.4. The zero-order valence-corrected chi connectivity index (χ0v) is 13.0. The molecule has 0 saturated heterocycles. The van der Waals surface area contributed by atoms with Gasteiger partial charge in [-0.05, 0) is 31.0 Å². The van der Waals surface area contributed by atoms with E-state index in [9.17, 15) is 8.78 Å². The van der Waals surface area contributed by atoms with Crippen molar-refractivity contribution in [3.05, 3.63) is 63.6 Å². The largest absolute Gasteiger partial charge is 0.374 e. The summed E-state index contributed by atoms with van der Waals surface area (Å²) >= 11 is 3.08. The van der Waals surface area contributed by atoms with Gasteiger partial charge in [-0.25, -0.2) is 8.78 Å². The minimum Gasteiger partial charge on any atom is -0.374 e. The van der Waals surface area contributed by atoms with E-state index in [0.717, 1.165) is 17.5 Å². The lowest BCUT2D eigenvalue weighted by Crippen LogP contribution is -2.12. The van der Waals surface area contributed by atoms with Gasteiger partial charge in [-0.2, -0.15) is 0 Å². The third kappa shape index (κ3) is 3.37. The lowest BCUT2D eigenvalue weighted by Gasteiger charge is -2.20. The molecule has 2 aromatic rings. The van der Waals surface area contributed by atoms with Crippen molar-refractivity contribution in [2.75, 3.05) is 5.32 Å². The van der Waals surface area contributed by atoms with Crippen LogP contribution in [0.5, 0.6) is 0 Å². The molecule has 1 unspecified atom stereocenters. The molecule has 0 spiro atoms. The maximum Gasteiger partial charge on any atom is 0.150 e. The van der Waals surface area contributed by atoms with Crippen LogP contribution >= 0.6 is 15.9 Å². The van der Waals surface area contributed by atoms with Crippen LogP contribution in [0, 0.1) is 18.6 Å². The summed E-state index contributed by atoms with van der Waals surface area (Å²) in [4.78, 5) is 0. The lowest BCUT2D eigenvalue weighted by atomic mass is 10.0. The second kappa shape index (κ2) is 6.35. The quantitative estimate of drug-likeness (QED) is 0.764. The summed E-state index contributed by atoms with van der Waals surface area (Å²) in [5.74, 6) is -1.19. The van der Waals surface area contributed by atoms with E-state index in [0.29, 0.717) is 4.47 Å². The smallest absolute Gasteiger partial charge is 0.150 e. The highest BCUT2D eigenvalue weighted by atomic mass is 79.9. The first-order valence-electron chi connectivity index (χ1n) is 6.49. The summed E-state index contributed by atoms with van der Waals surface area (Å²) in [6, 6.07) is 10.3. The normalized spacial score (nSPS) is 12.2. The summed E-state index contributed by atoms with van der Waals surface area (Å²) in [6.07, 6.45) is 0.734. The molecule has 20 heavy (non-hydrogen) atoms. The molecule has 0 heterocycles. The molecule has 0 aliphatic heterocycles. The van der Waals surface area contributed by atoms with Crippen molar-refractivity contribution in [2.45, 2.75) is 26.3 Å². The van der Waals surface area contributed by atoms with Gasteiger partial charge < -0.3 is 5.32 Å². The van der Waals surface area contributed by atoms with Crippen LogP contribution in [0.15, 0.2) is 40.9 Å². The van der Waals surface area contributed by atoms with Crippen LogP contribution in [0.4, 0.5) is 14.5 Å². The number of rotatable bonds is 4. The van der Waals surface area contributed by atoms with E-state index in [4.69, 9.17) is 0 Å². The molecule has 0 bridgehead atoms. The van der Waals surface area contributed by atoms with Crippen molar-refractivity contribution in [3.8, 4) is 0 Å². The van der Waals surface area contributed by atoms with Gasteiger partial charge in [0.25, 0.3) is 0 Å². The number of nitrogens with one attached hydrogen (secondary N) is 1. The van der Waals surface area contributed by atoms with Crippen LogP contribution in [0.25, 0.3) is 0 Å². The van der Waals surface area contributed by atoms with E-state index in [1.165, 1.54) is 12.1 Å². The average Bonchev–Trinajstić information content (AvgIpc) is 2.39. The predicted octanol–water partition coefficient (Wildman–Crippen LogP) is 5.60. The number of hydrogen-bond acceptors (Lipinski definition) is 1. The summed E-state index contributed by atoms with van der Waals surface area (Å²) < 4.78 is 28.1. The Bertz CT molecular complexity index is 573. The second-order valence-electron chi connectivity index (χ2n) is 4.76. The fraction of sp³-hybridized carbons (Fsp3) is 0.250. The topological polar surface area (TPSA) is 12.0 Å². The van der Waals surface area contributed by atoms with E-state index in [-0.39, 0.29) is 11.7 Å². The van der Waals surface area contributed by atoms with Gasteiger partial charge in [0.15, 0.2) is 0 Å². The van der Waals surface area contributed by atoms with Crippen LogP contribution in [-0.2, 0) is 0 Å². The van der Waals surface area contributed by atoms with Crippen molar-refractivity contribution in [2.24, 2.45) is 0 Å². The Morgan fingerprint density at radius 1 is 1.10 bits per heavy atom. The minimum absolute atomic E-state index is 0.0828. The number of halogens is 3. The number of anilines is 1. The molecule has 0 fully saturated rings. The van der Waals surface area contributed by atoms with Gasteiger partial charge in [0.2, 0.25) is 0 Å². The van der Waals surface area contributed by atoms with Crippen molar-refractivity contribution >= 4 is 21.6 Å². The van der Waals surface area contributed by atoms with Crippen LogP contribution in [0.1, 0.15) is 30.5 Å². The van der Waals surface area contributed by atoms with Crippen molar-refractivity contribution < 1.29 is 8.78 Å². The first-order chi connectivity index (χ1) is 9.51. The highest BCUT2D eigenvalue weighted by Crippen LogP contribution is 2.29. The lowest BCUT2D eigenvalue weighted by molar-refractivity contribution is 0.579. The highest BCUT2D eigenvalue weighted by Gasteiger charge is 2.15. The molecule has 4 heteroatoms. The molecular formula is C16H16BrF2N. The SMILES string of the molecule is CCC(Nc1c(F)cc(Br)cc1F)c1ccc(C)cc1. The standard InChI is InChI=1S/C16H16BrF2N/c1-3-15(11-6-4-10(2)5-7-11)20-16-13(18)8-12(17)9-14(16)19/h4-9,15,20H,3H2,1-2H3. The Balaban J connectivity index is 2.29. The molecule has 0 saturated carbocycles. The maximum absolute atomic E-state index is 13.9. The molecule has 106 valence electrons. The molecule has 0 amide bonds. The van der Waals surface area contributed by atoms with Crippen LogP contribution < -0.4 is 5.32 Å². The highest BCUT2D eigenvalue weighted by molar-refractivity contribution is 9.10. The fourth-order valence-electron chi connectivity index (χ4n) is 2.07. The van der Waals surface area contributed by atoms with Crippen molar-refractivity contribution in [1.82, 2.24) is 0 Å². The molecule has 0 aliphatic rings. The molecule has 2 aromatic carbocycles. The van der Waals surface area contributed by atoms with E-state index in [2.05, 4.69) is 21.2 Å². The predicted molar refractivity (Wildman–Crippen MR) is 81.9 cm³/mol. The first-order valence-corrected chi connectivity index (χ1v) is 7.28. The molecule has 0 radical (unpaired) electrons. The Morgan fingerprint density at radius 3 is 2.15 bits per heavy atom. The van der Waals surface area contributed by atoms with Crippen molar-refractivity contribution in [1.29, 1.82) is 0 Å². The van der Waals surface area contributed by atoms with Gasteiger partial charge in [0.05, 0.1) is 6.04 Å². The first kappa shape index (κ1) is 15.0. The van der Waals surface area contributed by atoms with Crippen LogP contribution in [-0.4, -0.2) is 0 Å². The van der Waals surface area contributed by atoms with Gasteiger partial charge >= 0.3 is 0 Å². The van der Waals surface area contributed by atoms with E-state index in [1.54, 1.807) is 0 Å². The number of aryl methyl sites for hydroxylation is 1. The van der Waals surface area contributed by atoms with Gasteiger partial charge in [0, 0.05) is 4.47 Å². The molecule has 0 aliphatic carbocycles. The zero-order chi connectivity index (χ0) is 14.7. The third-order valence-electron chi connectivity index (χ3n) is 3.21. The van der Waals surface area contributed by atoms with Gasteiger partial charge in [0.1, 0.15) is 17.3 Å². The van der Waals surface area contributed by atoms with E-state index in [1.807, 2.05) is 38.1 Å². The van der Waals surface area contributed by atoms with Gasteiger partial charge in [-0.1, -0.05) is 52.7 Å². The number of benzene rings is 2. The molecule has 0 aromatic heterocycles. The Hall–Kier alpha value is -1.42. The van der Waals surface area contributed by atoms with Gasteiger partial charge in [-0.3, -0.25) is 0 Å². The van der Waals surface area contributed by atoms with E-state index >= 15 is 0 Å². The molecule has 1 nitrogen and oxygen atoms in total. The monoisotopic (exact) mass is 339 g/mol. The Kier molecular flexibility index (Phi) is 4.76. The fourth-order valence-corrected chi connectivity index (χ4v) is 2.48. The summed E-state index contributed by atoms with van der Waals surface area (Å²) in [5, 5.41) is 2.96. The minimum atomic E-state index is -0.595. The van der Waals surface area contributed by atoms with Crippen LogP contribution in [0.2, 0.25) is 0 Å². The third-order valence-corrected chi connectivity index (χ3v) is 3.67. The number of hydrogen-bond donors (Lipinski definition) is 1. The summed E-state index contributed by atoms with van der Waals surface area (Å²) in [5.41, 5.74) is 2.09. The Labute approximate surface area is 126 Å². The van der Waals surface area contributed by atoms with Crippen molar-refractivity contribution in [3.63, 3.8) is 0 Å².